The lowest BCUT2D eigenvalue weighted by molar-refractivity contribution is -0.113. The molecule has 13 heavy (non-hydrogen) atoms. The normalized spacial score (nSPS) is 12.9. The SMILES string of the molecule is O=C(S)C(c1ccncc1)N(S)Cl. The minimum absolute atomic E-state index is 0.365. The highest BCUT2D eigenvalue weighted by Gasteiger charge is 2.21. The van der Waals surface area contributed by atoms with Crippen LogP contribution in [0, 0.1) is 0 Å². The van der Waals surface area contributed by atoms with E-state index in [0.29, 0.717) is 5.56 Å². The van der Waals surface area contributed by atoms with Crippen molar-refractivity contribution < 1.29 is 4.79 Å². The van der Waals surface area contributed by atoms with Gasteiger partial charge in [0.1, 0.15) is 6.04 Å². The molecule has 0 aliphatic carbocycles. The van der Waals surface area contributed by atoms with Gasteiger partial charge in [0.05, 0.1) is 0 Å². The predicted molar refractivity (Wildman–Crippen MR) is 57.6 cm³/mol. The Morgan fingerprint density at radius 1 is 1.54 bits per heavy atom. The van der Waals surface area contributed by atoms with Crippen LogP contribution in [0.25, 0.3) is 0 Å². The Bertz CT molecular complexity index is 294. The van der Waals surface area contributed by atoms with Gasteiger partial charge in [-0.1, -0.05) is 12.8 Å². The second kappa shape index (κ2) is 4.85. The first-order valence-corrected chi connectivity index (χ1v) is 4.58. The maximum absolute atomic E-state index is 11.1. The number of pyridine rings is 1. The van der Waals surface area contributed by atoms with Crippen molar-refractivity contribution in [2.24, 2.45) is 0 Å². The average Bonchev–Trinajstić information content (AvgIpc) is 2.04. The summed E-state index contributed by atoms with van der Waals surface area (Å²) in [5.41, 5.74) is 0.708. The fourth-order valence-corrected chi connectivity index (χ4v) is 1.77. The highest BCUT2D eigenvalue weighted by molar-refractivity contribution is 7.96. The zero-order chi connectivity index (χ0) is 9.84. The zero-order valence-electron chi connectivity index (χ0n) is 6.46. The molecule has 0 spiro atoms. The number of halogens is 1. The molecule has 0 radical (unpaired) electrons. The van der Waals surface area contributed by atoms with E-state index in [1.807, 2.05) is 0 Å². The summed E-state index contributed by atoms with van der Waals surface area (Å²) in [5, 5.41) is -0.365. The second-order valence-electron chi connectivity index (χ2n) is 2.31. The third-order valence-electron chi connectivity index (χ3n) is 1.47. The van der Waals surface area contributed by atoms with Crippen molar-refractivity contribution in [3.63, 3.8) is 0 Å². The Balaban J connectivity index is 2.96. The van der Waals surface area contributed by atoms with Gasteiger partial charge in [-0.05, 0) is 29.5 Å². The predicted octanol–water partition coefficient (Wildman–Crippen LogP) is 1.88. The summed E-state index contributed by atoms with van der Waals surface area (Å²) < 4.78 is 0.991. The van der Waals surface area contributed by atoms with Crippen molar-refractivity contribution in [2.45, 2.75) is 6.04 Å². The van der Waals surface area contributed by atoms with E-state index in [9.17, 15) is 4.79 Å². The van der Waals surface area contributed by atoms with Crippen LogP contribution < -0.4 is 0 Å². The molecule has 0 aliphatic rings. The molecule has 0 aromatic carbocycles. The van der Waals surface area contributed by atoms with Crippen LogP contribution in [-0.4, -0.2) is 13.9 Å². The minimum Gasteiger partial charge on any atom is -0.285 e. The molecule has 0 saturated carbocycles. The summed E-state index contributed by atoms with van der Waals surface area (Å²) in [6.45, 7) is 0. The number of hydrogen-bond acceptors (Lipinski definition) is 4. The van der Waals surface area contributed by atoms with E-state index < -0.39 is 6.04 Å². The molecule has 0 aliphatic heterocycles. The number of thiol groups is 2. The summed E-state index contributed by atoms with van der Waals surface area (Å²) in [5.74, 6) is 0. The van der Waals surface area contributed by atoms with Crippen molar-refractivity contribution in [1.82, 2.24) is 8.81 Å². The van der Waals surface area contributed by atoms with Crippen molar-refractivity contribution in [3.05, 3.63) is 30.1 Å². The highest BCUT2D eigenvalue weighted by Crippen LogP contribution is 2.25. The van der Waals surface area contributed by atoms with Gasteiger partial charge < -0.3 is 0 Å². The molecule has 1 heterocycles. The van der Waals surface area contributed by atoms with Crippen molar-refractivity contribution in [3.8, 4) is 0 Å². The second-order valence-corrected chi connectivity index (χ2v) is 3.78. The molecule has 0 fully saturated rings. The van der Waals surface area contributed by atoms with E-state index in [4.69, 9.17) is 11.8 Å². The molecular formula is C7H7ClN2OS2. The molecular weight excluding hydrogens is 228 g/mol. The number of carbonyl (C=O) groups is 1. The van der Waals surface area contributed by atoms with Crippen LogP contribution in [0.15, 0.2) is 24.5 Å². The summed E-state index contributed by atoms with van der Waals surface area (Å²) in [4.78, 5) is 14.9. The number of rotatable bonds is 3. The van der Waals surface area contributed by atoms with Gasteiger partial charge in [-0.25, -0.2) is 0 Å². The number of carbonyl (C=O) groups excluding carboxylic acids is 1. The Labute approximate surface area is 92.2 Å². The van der Waals surface area contributed by atoms with Crippen molar-refractivity contribution in [2.75, 3.05) is 0 Å². The fraction of sp³-hybridized carbons (Fsp3) is 0.143. The molecule has 1 aromatic rings. The van der Waals surface area contributed by atoms with E-state index in [2.05, 4.69) is 30.4 Å². The van der Waals surface area contributed by atoms with Crippen LogP contribution in [0.2, 0.25) is 0 Å². The smallest absolute Gasteiger partial charge is 0.209 e. The lowest BCUT2D eigenvalue weighted by atomic mass is 10.1. The van der Waals surface area contributed by atoms with Crippen LogP contribution in [0.1, 0.15) is 11.6 Å². The van der Waals surface area contributed by atoms with Gasteiger partial charge in [-0.15, -0.1) is 12.6 Å². The topological polar surface area (TPSA) is 33.2 Å². The molecule has 3 nitrogen and oxygen atoms in total. The standard InChI is InChI=1S/C7H7ClN2OS2/c8-10(13)6(7(11)12)5-1-3-9-4-2-5/h1-4,6,13H,(H,11,12). The fourth-order valence-electron chi connectivity index (χ4n) is 0.902. The van der Waals surface area contributed by atoms with Crippen molar-refractivity contribution >= 4 is 42.3 Å². The summed E-state index contributed by atoms with van der Waals surface area (Å²) in [7, 11) is 0. The van der Waals surface area contributed by atoms with E-state index in [1.54, 1.807) is 24.5 Å². The molecule has 70 valence electrons. The molecule has 1 aromatic heterocycles. The minimum atomic E-state index is -0.656. The Morgan fingerprint density at radius 2 is 2.08 bits per heavy atom. The van der Waals surface area contributed by atoms with Crippen molar-refractivity contribution in [1.29, 1.82) is 0 Å². The first-order chi connectivity index (χ1) is 6.13. The lowest BCUT2D eigenvalue weighted by Gasteiger charge is -2.16. The van der Waals surface area contributed by atoms with E-state index in [-0.39, 0.29) is 5.12 Å². The maximum Gasteiger partial charge on any atom is 0.209 e. The van der Waals surface area contributed by atoms with E-state index in [0.717, 1.165) is 3.82 Å². The van der Waals surface area contributed by atoms with Gasteiger partial charge >= 0.3 is 0 Å². The van der Waals surface area contributed by atoms with Crippen LogP contribution in [-0.2, 0) is 4.79 Å². The van der Waals surface area contributed by atoms with Crippen LogP contribution >= 0.6 is 37.2 Å². The molecule has 1 unspecified atom stereocenters. The Kier molecular flexibility index (Phi) is 4.05. The van der Waals surface area contributed by atoms with E-state index in [1.165, 1.54) is 0 Å². The van der Waals surface area contributed by atoms with Gasteiger partial charge in [0.15, 0.2) is 0 Å². The Hall–Kier alpha value is -0.230. The molecule has 6 heteroatoms. The quantitative estimate of drug-likeness (QED) is 0.619. The molecule has 1 atom stereocenters. The maximum atomic E-state index is 11.1. The molecule has 0 N–H and O–H groups in total. The summed E-state index contributed by atoms with van der Waals surface area (Å²) >= 11 is 13.1. The van der Waals surface area contributed by atoms with Gasteiger partial charge in [0.25, 0.3) is 0 Å². The number of aromatic nitrogens is 1. The number of nitrogens with zero attached hydrogens (tertiary/aromatic N) is 2. The van der Waals surface area contributed by atoms with Crippen LogP contribution in [0.5, 0.6) is 0 Å². The molecule has 0 amide bonds. The first-order valence-electron chi connectivity index (χ1n) is 3.39. The molecule has 1 rings (SSSR count). The van der Waals surface area contributed by atoms with Crippen LogP contribution in [0.4, 0.5) is 0 Å². The third-order valence-corrected chi connectivity index (χ3v) is 2.14. The largest absolute Gasteiger partial charge is 0.285 e. The van der Waals surface area contributed by atoms with Gasteiger partial charge in [-0.2, -0.15) is 3.82 Å². The first kappa shape index (κ1) is 10.8. The van der Waals surface area contributed by atoms with Crippen LogP contribution in [0.3, 0.4) is 0 Å². The number of hydrogen-bond donors (Lipinski definition) is 2. The highest BCUT2D eigenvalue weighted by atomic mass is 35.5. The summed E-state index contributed by atoms with van der Waals surface area (Å²) in [6.07, 6.45) is 3.15. The van der Waals surface area contributed by atoms with Gasteiger partial charge in [-0.3, -0.25) is 9.78 Å². The van der Waals surface area contributed by atoms with Gasteiger partial charge in [0.2, 0.25) is 5.12 Å². The lowest BCUT2D eigenvalue weighted by Crippen LogP contribution is -2.16. The average molecular weight is 235 g/mol. The summed E-state index contributed by atoms with van der Waals surface area (Å²) in [6, 6.07) is 2.71. The molecule has 0 saturated heterocycles. The monoisotopic (exact) mass is 234 g/mol. The van der Waals surface area contributed by atoms with E-state index >= 15 is 0 Å². The Morgan fingerprint density at radius 3 is 2.46 bits per heavy atom. The van der Waals surface area contributed by atoms with Gasteiger partial charge in [0, 0.05) is 12.4 Å². The molecule has 0 bridgehead atoms. The zero-order valence-corrected chi connectivity index (χ0v) is 9.01. The third kappa shape index (κ3) is 2.87.